The molecule has 1 spiro atoms. The number of carboxylic acids is 1. The Kier molecular flexibility index (Phi) is 11.8. The van der Waals surface area contributed by atoms with Crippen molar-refractivity contribution < 1.29 is 48.7 Å². The molecular weight excluding hydrogens is 787 g/mol. The molecule has 1 amide bonds. The summed E-state index contributed by atoms with van der Waals surface area (Å²) >= 11 is 12.2. The van der Waals surface area contributed by atoms with Crippen LogP contribution in [-0.2, 0) is 28.6 Å². The normalized spacial score (nSPS) is 42.3. The molecule has 14 heteroatoms. The first-order valence-electron chi connectivity index (χ1n) is 20.5. The lowest BCUT2D eigenvalue weighted by atomic mass is 9.51. The predicted molar refractivity (Wildman–Crippen MR) is 216 cm³/mol. The first-order chi connectivity index (χ1) is 27.5. The van der Waals surface area contributed by atoms with Crippen LogP contribution in [0.2, 0.25) is 10.2 Å². The molecule has 12 nitrogen and oxygen atoms in total. The summed E-state index contributed by atoms with van der Waals surface area (Å²) in [6.45, 7) is 9.40. The second kappa shape index (κ2) is 16.1. The van der Waals surface area contributed by atoms with Crippen LogP contribution in [0.5, 0.6) is 0 Å². The summed E-state index contributed by atoms with van der Waals surface area (Å²) in [6.07, 6.45) is 14.0. The highest BCUT2D eigenvalue weighted by molar-refractivity contribution is 6.36. The lowest BCUT2D eigenvalue weighted by molar-refractivity contribution is -0.258. The number of nitrogens with one attached hydrogen (secondary N) is 2. The molecule has 2 bridgehead atoms. The number of H-pyrrole nitrogens is 1. The first kappa shape index (κ1) is 42.4. The van der Waals surface area contributed by atoms with Gasteiger partial charge in [-0.15, -0.1) is 0 Å². The van der Waals surface area contributed by atoms with E-state index < -0.39 is 76.6 Å². The minimum Gasteiger partial charge on any atom is -0.511 e. The number of aliphatic hydroxyl groups excluding tert-OH is 2. The number of ketones is 1. The van der Waals surface area contributed by atoms with E-state index in [9.17, 15) is 29.7 Å². The summed E-state index contributed by atoms with van der Waals surface area (Å²) in [6, 6.07) is 0.665. The van der Waals surface area contributed by atoms with Gasteiger partial charge in [0.2, 0.25) is 5.78 Å². The fourth-order valence-electron chi connectivity index (χ4n) is 11.0. The number of esters is 1. The Balaban J connectivity index is 1.22. The van der Waals surface area contributed by atoms with E-state index in [0.29, 0.717) is 32.1 Å². The van der Waals surface area contributed by atoms with Gasteiger partial charge in [-0.1, -0.05) is 86.5 Å². The van der Waals surface area contributed by atoms with Gasteiger partial charge in [-0.2, -0.15) is 0 Å². The number of fused-ring (bicyclic) bond motifs is 4. The average molecular weight is 842 g/mol. The van der Waals surface area contributed by atoms with Gasteiger partial charge in [0.05, 0.1) is 34.8 Å². The number of allylic oxidation sites excluding steroid dienone is 5. The number of rotatable bonds is 7. The molecule has 13 atom stereocenters. The zero-order chi connectivity index (χ0) is 41.9. The number of carbonyl (C=O) groups excluding carboxylic acids is 3. The summed E-state index contributed by atoms with van der Waals surface area (Å²) < 4.78 is 19.3. The Morgan fingerprint density at radius 2 is 1.86 bits per heavy atom. The molecule has 0 unspecified atom stereocenters. The molecule has 0 radical (unpaired) electrons. The summed E-state index contributed by atoms with van der Waals surface area (Å²) in [7, 11) is 0. The number of hydrogen-bond acceptors (Lipinski definition) is 9. The highest BCUT2D eigenvalue weighted by Gasteiger charge is 2.67. The molecule has 1 saturated carbocycles. The zero-order valence-corrected chi connectivity index (χ0v) is 35.0. The van der Waals surface area contributed by atoms with Gasteiger partial charge >= 0.3 is 11.9 Å². The minimum atomic E-state index is -1.74. The van der Waals surface area contributed by atoms with E-state index >= 15 is 4.79 Å². The molecule has 5 N–H and O–H groups in total. The van der Waals surface area contributed by atoms with Crippen LogP contribution < -0.4 is 5.32 Å². The van der Waals surface area contributed by atoms with Gasteiger partial charge in [-0.05, 0) is 82.1 Å². The standard InChI is InChI=1S/C44H54Cl2N2O10/c1-6-24-20-44-38(51)33(41(55)58-44)37(50)43(7-2)25(12-10-8-9-11-17-42(44,5)21-27(24)40(53)54)14-15-26-28(43)16-13-22(3)36(26)57-32-19-30(49)34(23(4)56-32)48-39(52)35-29(45)18-31(46)47-35/h8,10-11,14-15,17-18,21-26,28,30,32,34,36,47,49-50H,6-7,9,12-13,16,19-20H2,1-5H3,(H,48,52)(H,53,54)/b10-8+,17-11+,37-33-/t22-,23+,24-,25+,26-,28+,30+,32+,34+,36-,42-,43+,44+/m0/s1. The number of aliphatic hydroxyl groups is 2. The maximum atomic E-state index is 15.0. The minimum absolute atomic E-state index is 0.0220. The molecule has 3 heterocycles. The van der Waals surface area contributed by atoms with Gasteiger partial charge in [0.1, 0.15) is 22.2 Å². The van der Waals surface area contributed by atoms with E-state index in [2.05, 4.69) is 35.5 Å². The molecule has 1 aromatic heterocycles. The average Bonchev–Trinajstić information content (AvgIpc) is 3.65. The molecule has 2 aliphatic heterocycles. The maximum Gasteiger partial charge on any atom is 0.346 e. The molecular formula is C44H54Cl2N2O10. The summed E-state index contributed by atoms with van der Waals surface area (Å²) in [5, 5.41) is 37.4. The largest absolute Gasteiger partial charge is 0.511 e. The molecule has 6 aliphatic rings. The van der Waals surface area contributed by atoms with E-state index in [1.165, 1.54) is 6.07 Å². The lowest BCUT2D eigenvalue weighted by Crippen LogP contribution is -2.58. The number of carboxylic acid groups (broad SMARTS) is 1. The maximum absolute atomic E-state index is 15.0. The fourth-order valence-corrected chi connectivity index (χ4v) is 11.5. The van der Waals surface area contributed by atoms with E-state index in [1.54, 1.807) is 26.0 Å². The Labute approximate surface area is 348 Å². The van der Waals surface area contributed by atoms with Gasteiger partial charge < -0.3 is 39.8 Å². The quantitative estimate of drug-likeness (QED) is 0.104. The van der Waals surface area contributed by atoms with Crippen molar-refractivity contribution in [2.24, 2.45) is 40.4 Å². The Hall–Kier alpha value is -3.68. The number of aliphatic carboxylic acids is 1. The van der Waals surface area contributed by atoms with Crippen molar-refractivity contribution in [3.63, 3.8) is 0 Å². The number of amides is 1. The van der Waals surface area contributed by atoms with E-state index in [1.807, 2.05) is 26.0 Å². The molecule has 2 saturated heterocycles. The number of aromatic amines is 1. The SMILES string of the molecule is CC[C@H]1C[C@]23OC(=O)/C(=C(\O)[C@@]4(CC)[C@@H]5CC[C@H](C)[C@H](O[C@@H]6C[C@@H](O)[C@H](NC(=O)c7[nH]c(Cl)cc7Cl)[C@@H](C)O6)[C@H]5C=C[C@H]4C/C=C/C/C=C/[C@@]2(C)C=C1C(=O)O)C3=O. The molecule has 1 aromatic rings. The van der Waals surface area contributed by atoms with Crippen molar-refractivity contribution in [3.8, 4) is 0 Å². The monoisotopic (exact) mass is 840 g/mol. The van der Waals surface area contributed by atoms with Gasteiger partial charge in [0.25, 0.3) is 5.91 Å². The highest BCUT2D eigenvalue weighted by Crippen LogP contribution is 2.61. The number of aromatic nitrogens is 1. The van der Waals surface area contributed by atoms with Gasteiger partial charge in [-0.3, -0.25) is 9.59 Å². The Morgan fingerprint density at radius 1 is 1.10 bits per heavy atom. The fraction of sp³-hybridized carbons (Fsp3) is 0.591. The Bertz CT molecular complexity index is 1990. The number of ether oxygens (including phenoxy) is 3. The van der Waals surface area contributed by atoms with Crippen LogP contribution >= 0.6 is 23.2 Å². The second-order valence-corrected chi connectivity index (χ2v) is 18.1. The zero-order valence-electron chi connectivity index (χ0n) is 33.5. The third kappa shape index (κ3) is 6.90. The van der Waals surface area contributed by atoms with Gasteiger partial charge in [-0.25, -0.2) is 9.59 Å². The summed E-state index contributed by atoms with van der Waals surface area (Å²) in [5.41, 5.74) is -4.19. The molecule has 3 fully saturated rings. The van der Waals surface area contributed by atoms with Crippen molar-refractivity contribution >= 4 is 46.8 Å². The first-order valence-corrected chi connectivity index (χ1v) is 21.3. The molecule has 58 heavy (non-hydrogen) atoms. The van der Waals surface area contributed by atoms with Crippen LogP contribution in [0.4, 0.5) is 0 Å². The predicted octanol–water partition coefficient (Wildman–Crippen LogP) is 7.58. The lowest BCUT2D eigenvalue weighted by Gasteiger charge is -2.55. The van der Waals surface area contributed by atoms with Gasteiger partial charge in [0, 0.05) is 29.7 Å². The number of Topliss-reactive ketones (excluding diaryl/α,β-unsaturated/α-hetero) is 1. The second-order valence-electron chi connectivity index (χ2n) is 17.2. The number of halogens is 2. The van der Waals surface area contributed by atoms with Crippen molar-refractivity contribution in [1.82, 2.24) is 10.3 Å². The summed E-state index contributed by atoms with van der Waals surface area (Å²) in [4.78, 5) is 57.4. The van der Waals surface area contributed by atoms with Crippen LogP contribution in [0.15, 0.2) is 65.5 Å². The van der Waals surface area contributed by atoms with Crippen molar-refractivity contribution in [2.45, 2.75) is 122 Å². The van der Waals surface area contributed by atoms with Crippen LogP contribution in [0.1, 0.15) is 96.5 Å². The van der Waals surface area contributed by atoms with Gasteiger partial charge in [0.15, 0.2) is 11.9 Å². The van der Waals surface area contributed by atoms with Crippen molar-refractivity contribution in [1.29, 1.82) is 0 Å². The third-order valence-corrected chi connectivity index (χ3v) is 14.7. The third-order valence-electron chi connectivity index (χ3n) is 14.2. The van der Waals surface area contributed by atoms with Crippen LogP contribution in [0, 0.1) is 40.4 Å². The molecule has 314 valence electrons. The Morgan fingerprint density at radius 3 is 2.52 bits per heavy atom. The number of hydrogen-bond donors (Lipinski definition) is 5. The van der Waals surface area contributed by atoms with E-state index in [4.69, 9.17) is 37.4 Å². The van der Waals surface area contributed by atoms with Crippen molar-refractivity contribution in [3.05, 3.63) is 81.4 Å². The van der Waals surface area contributed by atoms with E-state index in [0.717, 1.165) is 6.42 Å². The molecule has 0 aromatic carbocycles. The van der Waals surface area contributed by atoms with Crippen LogP contribution in [0.3, 0.4) is 0 Å². The molecule has 4 aliphatic carbocycles. The van der Waals surface area contributed by atoms with Crippen molar-refractivity contribution in [2.75, 3.05) is 0 Å². The number of carbonyl (C=O) groups is 4. The smallest absolute Gasteiger partial charge is 0.346 e. The molecule has 7 rings (SSSR count). The topological polar surface area (TPSA) is 184 Å². The van der Waals surface area contributed by atoms with Crippen LogP contribution in [0.25, 0.3) is 0 Å². The van der Waals surface area contributed by atoms with Crippen LogP contribution in [-0.4, -0.2) is 80.2 Å². The highest BCUT2D eigenvalue weighted by atomic mass is 35.5. The van der Waals surface area contributed by atoms with E-state index in [-0.39, 0.29) is 69.3 Å². The summed E-state index contributed by atoms with van der Waals surface area (Å²) in [5.74, 6) is -4.71.